The average Bonchev–Trinajstić information content (AvgIpc) is 2.03. The van der Waals surface area contributed by atoms with Crippen LogP contribution in [0.4, 0.5) is 0 Å². The molecular weight excluding hydrogens is 178 g/mol. The highest BCUT2D eigenvalue weighted by atomic mass is 35.5. The Morgan fingerprint density at radius 1 is 1.25 bits per heavy atom. The third-order valence-electron chi connectivity index (χ3n) is 1.08. The normalized spacial score (nSPS) is 8.08. The molecule has 1 aromatic heterocycles. The average molecular weight is 188 g/mol. The van der Waals surface area contributed by atoms with Gasteiger partial charge in [-0.2, -0.15) is 0 Å². The van der Waals surface area contributed by atoms with Crippen LogP contribution in [0.3, 0.4) is 0 Å². The van der Waals surface area contributed by atoms with Gasteiger partial charge in [0.25, 0.3) is 0 Å². The van der Waals surface area contributed by atoms with Crippen molar-refractivity contribution in [2.75, 3.05) is 5.53 Å². The quantitative estimate of drug-likeness (QED) is 0.374. The lowest BCUT2D eigenvalue weighted by atomic mass is 10.5. The number of hydrogen-bond acceptors (Lipinski definition) is 2. The van der Waals surface area contributed by atoms with Crippen LogP contribution in [0, 0.1) is 0 Å². The number of hydrazine groups is 1. The lowest BCUT2D eigenvalue weighted by Crippen LogP contribution is -3.00. The zero-order chi connectivity index (χ0) is 8.10. The van der Waals surface area contributed by atoms with E-state index in [1.54, 1.807) is 17.1 Å². The Kier molecular flexibility index (Phi) is 4.79. The fourth-order valence-electron chi connectivity index (χ4n) is 0.616. The second-order valence-corrected chi connectivity index (χ2v) is 2.08. The summed E-state index contributed by atoms with van der Waals surface area (Å²) in [7, 11) is 0. The largest absolute Gasteiger partial charge is 1.00 e. The van der Waals surface area contributed by atoms with Crippen LogP contribution in [0.1, 0.15) is 6.92 Å². The van der Waals surface area contributed by atoms with E-state index >= 15 is 0 Å². The summed E-state index contributed by atoms with van der Waals surface area (Å²) in [5.74, 6) is -0.124. The molecule has 0 aliphatic rings. The number of nitrogens with one attached hydrogen (secondary N) is 2. The number of amides is 1. The molecule has 0 unspecified atom stereocenters. The predicted molar refractivity (Wildman–Crippen MR) is 39.8 cm³/mol. The highest BCUT2D eigenvalue weighted by Gasteiger charge is 1.94. The summed E-state index contributed by atoms with van der Waals surface area (Å²) in [5, 5.41) is 0. The second kappa shape index (κ2) is 5.37. The molecule has 5 heteroatoms. The summed E-state index contributed by atoms with van der Waals surface area (Å²) in [6.07, 6.45) is 3.58. The monoisotopic (exact) mass is 187 g/mol. The molecule has 1 rings (SSSR count). The van der Waals surface area contributed by atoms with Gasteiger partial charge in [-0.1, -0.05) is 16.3 Å². The Morgan fingerprint density at radius 3 is 2.33 bits per heavy atom. The Labute approximate surface area is 76.9 Å². The molecule has 0 aromatic carbocycles. The van der Waals surface area contributed by atoms with Crippen molar-refractivity contribution in [3.63, 3.8) is 0 Å². The summed E-state index contributed by atoms with van der Waals surface area (Å²) < 4.78 is 1.64. The summed E-state index contributed by atoms with van der Waals surface area (Å²) >= 11 is 0. The Hall–Kier alpha value is -1.29. The number of carbonyl (C=O) groups is 1. The molecule has 66 valence electrons. The maximum Gasteiger partial charge on any atom is 0.239 e. The van der Waals surface area contributed by atoms with Crippen LogP contribution in [0.5, 0.6) is 0 Å². The van der Waals surface area contributed by atoms with Crippen molar-refractivity contribution < 1.29 is 21.9 Å². The molecule has 0 atom stereocenters. The Balaban J connectivity index is 0.00000121. The highest BCUT2D eigenvalue weighted by molar-refractivity contribution is 5.72. The zero-order valence-corrected chi connectivity index (χ0v) is 7.38. The van der Waals surface area contributed by atoms with Gasteiger partial charge in [0.1, 0.15) is 0 Å². The van der Waals surface area contributed by atoms with E-state index in [2.05, 4.69) is 11.0 Å². The topological polar surface area (TPSA) is 45.0 Å². The van der Waals surface area contributed by atoms with Crippen LogP contribution in [-0.2, 0) is 4.79 Å². The first-order valence-electron chi connectivity index (χ1n) is 3.28. The smallest absolute Gasteiger partial charge is 0.239 e. The van der Waals surface area contributed by atoms with Crippen molar-refractivity contribution in [1.29, 1.82) is 0 Å². The van der Waals surface area contributed by atoms with Gasteiger partial charge in [0.15, 0.2) is 0 Å². The number of aromatic nitrogens is 1. The van der Waals surface area contributed by atoms with Crippen LogP contribution < -0.4 is 28.0 Å². The minimum atomic E-state index is -0.124. The van der Waals surface area contributed by atoms with E-state index in [4.69, 9.17) is 0 Å². The molecule has 0 saturated heterocycles. The van der Waals surface area contributed by atoms with E-state index in [1.807, 2.05) is 18.2 Å². The zero-order valence-electron chi connectivity index (χ0n) is 6.62. The van der Waals surface area contributed by atoms with Gasteiger partial charge in [0, 0.05) is 19.1 Å². The van der Waals surface area contributed by atoms with Crippen LogP contribution in [-0.4, -0.2) is 5.91 Å². The van der Waals surface area contributed by atoms with Gasteiger partial charge in [0.2, 0.25) is 18.3 Å². The van der Waals surface area contributed by atoms with E-state index in [0.29, 0.717) is 0 Å². The van der Waals surface area contributed by atoms with Crippen LogP contribution >= 0.6 is 0 Å². The summed E-state index contributed by atoms with van der Waals surface area (Å²) in [4.78, 5) is 10.4. The standard InChI is InChI=1S/C7H9N3O.ClH/c1-7(11)8-9-10-5-3-2-4-6-10;/h2-6,9H,1H3;1H. The molecule has 0 radical (unpaired) electrons. The number of hydrogen-bond donors (Lipinski definition) is 2. The van der Waals surface area contributed by atoms with E-state index in [9.17, 15) is 4.79 Å². The molecule has 4 nitrogen and oxygen atoms in total. The van der Waals surface area contributed by atoms with Gasteiger partial charge in [-0.05, 0) is 0 Å². The van der Waals surface area contributed by atoms with Crippen molar-refractivity contribution in [1.82, 2.24) is 5.43 Å². The van der Waals surface area contributed by atoms with E-state index < -0.39 is 0 Å². The lowest BCUT2D eigenvalue weighted by molar-refractivity contribution is -0.654. The maximum absolute atomic E-state index is 10.4. The van der Waals surface area contributed by atoms with Gasteiger partial charge in [-0.25, -0.2) is 5.43 Å². The molecule has 0 spiro atoms. The first kappa shape index (κ1) is 10.7. The van der Waals surface area contributed by atoms with Crippen LogP contribution in [0.2, 0.25) is 0 Å². The van der Waals surface area contributed by atoms with E-state index in [-0.39, 0.29) is 18.3 Å². The SMILES string of the molecule is CC(=O)NN[n+]1ccccc1.[Cl-]. The van der Waals surface area contributed by atoms with Gasteiger partial charge < -0.3 is 12.4 Å². The molecule has 1 heterocycles. The van der Waals surface area contributed by atoms with E-state index in [0.717, 1.165) is 0 Å². The van der Waals surface area contributed by atoms with Crippen molar-refractivity contribution in [2.45, 2.75) is 6.92 Å². The first-order valence-corrected chi connectivity index (χ1v) is 3.28. The molecule has 0 aliphatic carbocycles. The fraction of sp³-hybridized carbons (Fsp3) is 0.143. The van der Waals surface area contributed by atoms with Crippen molar-refractivity contribution >= 4 is 5.91 Å². The highest BCUT2D eigenvalue weighted by Crippen LogP contribution is 1.72. The van der Waals surface area contributed by atoms with Crippen molar-refractivity contribution in [3.8, 4) is 0 Å². The summed E-state index contributed by atoms with van der Waals surface area (Å²) in [5.41, 5.74) is 5.10. The van der Waals surface area contributed by atoms with Crippen LogP contribution in [0.25, 0.3) is 0 Å². The predicted octanol–water partition coefficient (Wildman–Crippen LogP) is -3.43. The molecule has 0 aliphatic heterocycles. The third kappa shape index (κ3) is 3.78. The van der Waals surface area contributed by atoms with Crippen molar-refractivity contribution in [2.24, 2.45) is 0 Å². The van der Waals surface area contributed by atoms with Crippen molar-refractivity contribution in [3.05, 3.63) is 30.6 Å². The third-order valence-corrected chi connectivity index (χ3v) is 1.08. The molecular formula is C7H10ClN3O. The molecule has 1 amide bonds. The molecule has 0 saturated carbocycles. The Bertz CT molecular complexity index is 240. The molecule has 1 aromatic rings. The van der Waals surface area contributed by atoms with Gasteiger partial charge in [-0.15, -0.1) is 0 Å². The summed E-state index contributed by atoms with van der Waals surface area (Å²) in [6.45, 7) is 1.44. The number of carbonyl (C=O) groups excluding carboxylic acids is 1. The molecule has 0 fully saturated rings. The lowest BCUT2D eigenvalue weighted by Gasteiger charge is -1.97. The first-order chi connectivity index (χ1) is 5.29. The number of halogens is 1. The minimum absolute atomic E-state index is 0. The summed E-state index contributed by atoms with van der Waals surface area (Å²) in [6, 6.07) is 5.61. The number of nitrogens with zero attached hydrogens (tertiary/aromatic N) is 1. The molecule has 12 heavy (non-hydrogen) atoms. The Morgan fingerprint density at radius 2 is 1.83 bits per heavy atom. The molecule has 2 N–H and O–H groups in total. The van der Waals surface area contributed by atoms with E-state index in [1.165, 1.54) is 6.92 Å². The fourth-order valence-corrected chi connectivity index (χ4v) is 0.616. The second-order valence-electron chi connectivity index (χ2n) is 2.08. The number of pyridine rings is 1. The van der Waals surface area contributed by atoms with Gasteiger partial charge >= 0.3 is 0 Å². The van der Waals surface area contributed by atoms with Gasteiger partial charge in [-0.3, -0.25) is 4.79 Å². The number of rotatable bonds is 2. The maximum atomic E-state index is 10.4. The molecule has 0 bridgehead atoms. The van der Waals surface area contributed by atoms with Crippen LogP contribution in [0.15, 0.2) is 30.6 Å². The minimum Gasteiger partial charge on any atom is -1.00 e. The van der Waals surface area contributed by atoms with Gasteiger partial charge in [0.05, 0.1) is 0 Å².